The number of fused-ring (bicyclic) bond motifs is 1. The molecule has 11 nitrogen and oxygen atoms in total. The summed E-state index contributed by atoms with van der Waals surface area (Å²) in [4.78, 5) is 56.2. The SMILES string of the molecule is C=CCOC(=O)NCCC[C@H]1C(=O)N(CCc2ccccc2)C[C@H]2N1C(=O)CN(CC)N2C(=O)NCc1ccccc1. The molecular formula is C31H40N6O5. The van der Waals surface area contributed by atoms with Crippen LogP contribution in [0, 0.1) is 0 Å². The Morgan fingerprint density at radius 3 is 2.38 bits per heavy atom. The number of benzene rings is 2. The third-order valence-corrected chi connectivity index (χ3v) is 7.46. The van der Waals surface area contributed by atoms with Gasteiger partial charge in [-0.1, -0.05) is 80.2 Å². The van der Waals surface area contributed by atoms with Crippen molar-refractivity contribution in [1.29, 1.82) is 0 Å². The van der Waals surface area contributed by atoms with Crippen molar-refractivity contribution < 1.29 is 23.9 Å². The van der Waals surface area contributed by atoms with Crippen molar-refractivity contribution in [2.75, 3.05) is 39.3 Å². The number of carbonyl (C=O) groups excluding carboxylic acids is 4. The number of ether oxygens (including phenoxy) is 1. The number of nitrogens with one attached hydrogen (secondary N) is 2. The number of likely N-dealkylation sites (N-methyl/N-ethyl adjacent to an activating group) is 1. The fraction of sp³-hybridized carbons (Fsp3) is 0.419. The molecule has 2 aromatic rings. The lowest BCUT2D eigenvalue weighted by Crippen LogP contribution is -2.76. The zero-order valence-corrected chi connectivity index (χ0v) is 24.1. The van der Waals surface area contributed by atoms with Crippen molar-refractivity contribution in [1.82, 2.24) is 30.5 Å². The largest absolute Gasteiger partial charge is 0.445 e. The highest BCUT2D eigenvalue weighted by molar-refractivity contribution is 5.91. The Kier molecular flexibility index (Phi) is 10.9. The van der Waals surface area contributed by atoms with E-state index in [4.69, 9.17) is 4.74 Å². The lowest BCUT2D eigenvalue weighted by molar-refractivity contribution is -0.190. The Balaban J connectivity index is 1.53. The van der Waals surface area contributed by atoms with Crippen LogP contribution in [0.2, 0.25) is 0 Å². The summed E-state index contributed by atoms with van der Waals surface area (Å²) < 4.78 is 4.95. The van der Waals surface area contributed by atoms with Crippen LogP contribution in [-0.4, -0.2) is 95.3 Å². The molecule has 0 aromatic heterocycles. The fourth-order valence-corrected chi connectivity index (χ4v) is 5.38. The normalized spacial score (nSPS) is 18.8. The molecule has 4 rings (SSSR count). The van der Waals surface area contributed by atoms with Crippen LogP contribution in [0.15, 0.2) is 73.3 Å². The van der Waals surface area contributed by atoms with Gasteiger partial charge in [0.2, 0.25) is 11.8 Å². The van der Waals surface area contributed by atoms with Crippen molar-refractivity contribution in [2.45, 2.75) is 44.9 Å². The molecule has 2 aliphatic rings. The number of rotatable bonds is 12. The minimum Gasteiger partial charge on any atom is -0.445 e. The number of amides is 5. The molecule has 11 heteroatoms. The first-order valence-electron chi connectivity index (χ1n) is 14.4. The molecule has 2 aromatic carbocycles. The van der Waals surface area contributed by atoms with E-state index in [0.29, 0.717) is 38.9 Å². The summed E-state index contributed by atoms with van der Waals surface area (Å²) in [6.45, 7) is 7.24. The minimum atomic E-state index is -0.763. The number of carbonyl (C=O) groups is 4. The zero-order valence-electron chi connectivity index (χ0n) is 24.1. The smallest absolute Gasteiger partial charge is 0.407 e. The van der Waals surface area contributed by atoms with Crippen LogP contribution < -0.4 is 10.6 Å². The summed E-state index contributed by atoms with van der Waals surface area (Å²) in [5.74, 6) is -0.354. The predicted octanol–water partition coefficient (Wildman–Crippen LogP) is 2.75. The first kappa shape index (κ1) is 30.6. The summed E-state index contributed by atoms with van der Waals surface area (Å²) >= 11 is 0. The second-order valence-electron chi connectivity index (χ2n) is 10.2. The van der Waals surface area contributed by atoms with Crippen molar-refractivity contribution in [2.24, 2.45) is 0 Å². The van der Waals surface area contributed by atoms with Gasteiger partial charge in [0, 0.05) is 26.2 Å². The highest BCUT2D eigenvalue weighted by Gasteiger charge is 2.50. The Morgan fingerprint density at radius 2 is 1.71 bits per heavy atom. The van der Waals surface area contributed by atoms with Gasteiger partial charge in [0.25, 0.3) is 0 Å². The van der Waals surface area contributed by atoms with E-state index >= 15 is 0 Å². The molecule has 2 saturated heterocycles. The third kappa shape index (κ3) is 7.67. The number of nitrogens with zero attached hydrogens (tertiary/aromatic N) is 4. The van der Waals surface area contributed by atoms with Gasteiger partial charge >= 0.3 is 12.1 Å². The van der Waals surface area contributed by atoms with Crippen LogP contribution in [0.25, 0.3) is 0 Å². The van der Waals surface area contributed by atoms with E-state index < -0.39 is 18.3 Å². The molecule has 0 radical (unpaired) electrons. The van der Waals surface area contributed by atoms with Crippen molar-refractivity contribution in [3.63, 3.8) is 0 Å². The molecule has 2 heterocycles. The van der Waals surface area contributed by atoms with Gasteiger partial charge in [-0.25, -0.2) is 19.6 Å². The number of hydrogen-bond acceptors (Lipinski definition) is 6. The predicted molar refractivity (Wildman–Crippen MR) is 158 cm³/mol. The summed E-state index contributed by atoms with van der Waals surface area (Å²) in [5.41, 5.74) is 2.05. The van der Waals surface area contributed by atoms with E-state index in [9.17, 15) is 19.2 Å². The average molecular weight is 577 g/mol. The van der Waals surface area contributed by atoms with Crippen molar-refractivity contribution in [3.8, 4) is 0 Å². The molecule has 5 amide bonds. The van der Waals surface area contributed by atoms with E-state index in [2.05, 4.69) is 17.2 Å². The van der Waals surface area contributed by atoms with Gasteiger partial charge in [-0.3, -0.25) is 9.59 Å². The summed E-state index contributed by atoms with van der Waals surface area (Å²) in [6, 6.07) is 18.4. The molecule has 0 unspecified atom stereocenters. The van der Waals surface area contributed by atoms with Gasteiger partial charge in [0.15, 0.2) is 0 Å². The van der Waals surface area contributed by atoms with E-state index in [1.807, 2.05) is 67.6 Å². The van der Waals surface area contributed by atoms with Crippen molar-refractivity contribution in [3.05, 3.63) is 84.4 Å². The van der Waals surface area contributed by atoms with Gasteiger partial charge in [0.1, 0.15) is 18.8 Å². The number of piperazine rings is 1. The molecule has 0 saturated carbocycles. The fourth-order valence-electron chi connectivity index (χ4n) is 5.38. The number of alkyl carbamates (subject to hydrolysis) is 1. The van der Waals surface area contributed by atoms with Crippen LogP contribution in [0.1, 0.15) is 30.9 Å². The van der Waals surface area contributed by atoms with Crippen LogP contribution in [0.4, 0.5) is 9.59 Å². The lowest BCUT2D eigenvalue weighted by atomic mass is 10.0. The zero-order chi connectivity index (χ0) is 29.9. The molecule has 2 N–H and O–H groups in total. The Labute approximate surface area is 247 Å². The highest BCUT2D eigenvalue weighted by atomic mass is 16.5. The standard InChI is InChI=1S/C31H40N6O5/c1-3-20-42-31(41)32-18-11-16-26-29(39)34(19-17-24-12-7-5-8-13-24)22-27-36(26)28(38)23-35(4-2)37(27)30(40)33-21-25-14-9-6-10-15-25/h3,5-10,12-15,26-27H,1,4,11,16-23H2,2H3,(H,32,41)(H,33,40)/t26-,27-/m0/s1. The average Bonchev–Trinajstić information content (AvgIpc) is 3.01. The maximum absolute atomic E-state index is 13.8. The molecule has 0 aliphatic carbocycles. The molecule has 2 fully saturated rings. The van der Waals surface area contributed by atoms with E-state index in [-0.39, 0.29) is 44.1 Å². The highest BCUT2D eigenvalue weighted by Crippen LogP contribution is 2.28. The maximum Gasteiger partial charge on any atom is 0.407 e. The molecule has 0 bridgehead atoms. The Bertz CT molecular complexity index is 1230. The van der Waals surface area contributed by atoms with E-state index in [1.54, 1.807) is 19.8 Å². The number of urea groups is 1. The van der Waals surface area contributed by atoms with E-state index in [1.165, 1.54) is 6.08 Å². The van der Waals surface area contributed by atoms with Gasteiger partial charge in [-0.05, 0) is 30.4 Å². The topological polar surface area (TPSA) is 115 Å². The van der Waals surface area contributed by atoms with Crippen LogP contribution in [-0.2, 0) is 27.3 Å². The molecule has 2 aliphatic heterocycles. The third-order valence-electron chi connectivity index (χ3n) is 7.46. The van der Waals surface area contributed by atoms with Gasteiger partial charge in [-0.2, -0.15) is 0 Å². The quantitative estimate of drug-likeness (QED) is 0.297. The summed E-state index contributed by atoms with van der Waals surface area (Å²) in [5, 5.41) is 9.01. The maximum atomic E-state index is 13.8. The van der Waals surface area contributed by atoms with Crippen LogP contribution >= 0.6 is 0 Å². The van der Waals surface area contributed by atoms with Crippen LogP contribution in [0.5, 0.6) is 0 Å². The Hall–Kier alpha value is -4.38. The summed E-state index contributed by atoms with van der Waals surface area (Å²) in [7, 11) is 0. The van der Waals surface area contributed by atoms with Crippen molar-refractivity contribution >= 4 is 23.9 Å². The molecule has 2 atom stereocenters. The first-order valence-corrected chi connectivity index (χ1v) is 14.4. The first-order chi connectivity index (χ1) is 20.4. The molecule has 224 valence electrons. The second-order valence-corrected chi connectivity index (χ2v) is 10.2. The molecule has 0 spiro atoms. The number of hydrogen-bond donors (Lipinski definition) is 2. The summed E-state index contributed by atoms with van der Waals surface area (Å²) in [6.07, 6.45) is 1.67. The lowest BCUT2D eigenvalue weighted by Gasteiger charge is -2.55. The minimum absolute atomic E-state index is 0.00825. The van der Waals surface area contributed by atoms with Crippen LogP contribution in [0.3, 0.4) is 0 Å². The Morgan fingerprint density at radius 1 is 1.02 bits per heavy atom. The monoisotopic (exact) mass is 576 g/mol. The molecule has 42 heavy (non-hydrogen) atoms. The van der Waals surface area contributed by atoms with Gasteiger partial charge in [0.05, 0.1) is 13.1 Å². The van der Waals surface area contributed by atoms with E-state index in [0.717, 1.165) is 11.1 Å². The van der Waals surface area contributed by atoms with Gasteiger partial charge in [-0.15, -0.1) is 0 Å². The number of hydrazine groups is 1. The molecular weight excluding hydrogens is 536 g/mol. The van der Waals surface area contributed by atoms with Gasteiger partial charge < -0.3 is 25.2 Å². The second kappa shape index (κ2) is 15.0.